The molecule has 4 N–H and O–H groups in total. The number of aryl methyl sites for hydroxylation is 1. The summed E-state index contributed by atoms with van der Waals surface area (Å²) in [7, 11) is 0. The van der Waals surface area contributed by atoms with Crippen LogP contribution in [0.4, 0.5) is 5.69 Å². The van der Waals surface area contributed by atoms with E-state index < -0.39 is 29.4 Å². The predicted molar refractivity (Wildman–Crippen MR) is 111 cm³/mol. The van der Waals surface area contributed by atoms with Crippen molar-refractivity contribution in [3.05, 3.63) is 69.0 Å². The Labute approximate surface area is 180 Å². The van der Waals surface area contributed by atoms with Crippen molar-refractivity contribution < 1.29 is 19.2 Å². The first-order valence-corrected chi connectivity index (χ1v) is 9.27. The van der Waals surface area contributed by atoms with Crippen LogP contribution in [0.3, 0.4) is 0 Å². The lowest BCUT2D eigenvalue weighted by Crippen LogP contribution is -2.46. The summed E-state index contributed by atoms with van der Waals surface area (Å²) in [6.07, 6.45) is 0. The molecule has 31 heavy (non-hydrogen) atoms. The van der Waals surface area contributed by atoms with Crippen molar-refractivity contribution in [1.82, 2.24) is 20.8 Å². The highest BCUT2D eigenvalue weighted by Gasteiger charge is 2.19. The van der Waals surface area contributed by atoms with Gasteiger partial charge in [-0.15, -0.1) is 0 Å². The van der Waals surface area contributed by atoms with Crippen LogP contribution in [0.25, 0.3) is 10.9 Å². The van der Waals surface area contributed by atoms with Crippen molar-refractivity contribution in [2.45, 2.75) is 13.0 Å². The van der Waals surface area contributed by atoms with E-state index in [2.05, 4.69) is 20.8 Å². The molecule has 0 aliphatic rings. The standard InChI is InChI=1S/C19H17ClN6O5/c1-10-22-15-7-6-13(26(29)30)8-14(15)19(23-10)31-9-16(27)24-25-17(18(21)28)11-2-4-12(20)5-3-11/h2-8,17,25H,9H2,1H3,(H2,21,28)(H,24,27). The minimum atomic E-state index is -0.994. The summed E-state index contributed by atoms with van der Waals surface area (Å²) in [5.74, 6) is -0.958. The summed E-state index contributed by atoms with van der Waals surface area (Å²) >= 11 is 5.83. The van der Waals surface area contributed by atoms with E-state index in [1.54, 1.807) is 31.2 Å². The molecule has 12 heteroatoms. The van der Waals surface area contributed by atoms with Gasteiger partial charge in [-0.2, -0.15) is 4.98 Å². The molecule has 0 fully saturated rings. The van der Waals surface area contributed by atoms with E-state index in [0.29, 0.717) is 21.9 Å². The Balaban J connectivity index is 1.69. The number of carbonyl (C=O) groups is 2. The number of nitro benzene ring substituents is 1. The number of nitrogens with two attached hydrogens (primary N) is 1. The molecule has 1 atom stereocenters. The number of non-ortho nitro benzene ring substituents is 1. The molecule has 0 aliphatic heterocycles. The van der Waals surface area contributed by atoms with Crippen LogP contribution in [-0.4, -0.2) is 33.3 Å². The second-order valence-electron chi connectivity index (χ2n) is 6.40. The number of fused-ring (bicyclic) bond motifs is 1. The number of primary amides is 1. The monoisotopic (exact) mass is 444 g/mol. The second-order valence-corrected chi connectivity index (χ2v) is 6.84. The van der Waals surface area contributed by atoms with Crippen LogP contribution in [0.5, 0.6) is 5.88 Å². The lowest BCUT2D eigenvalue weighted by atomic mass is 10.1. The smallest absolute Gasteiger partial charge is 0.272 e. The number of amides is 2. The Hall–Kier alpha value is -3.83. The van der Waals surface area contributed by atoms with Gasteiger partial charge in [-0.25, -0.2) is 10.4 Å². The molecule has 3 rings (SSSR count). The van der Waals surface area contributed by atoms with E-state index in [9.17, 15) is 19.7 Å². The van der Waals surface area contributed by atoms with Gasteiger partial charge in [0.1, 0.15) is 11.9 Å². The average Bonchev–Trinajstić information content (AvgIpc) is 2.72. The maximum atomic E-state index is 12.2. The van der Waals surface area contributed by atoms with Crippen LogP contribution >= 0.6 is 11.6 Å². The minimum absolute atomic E-state index is 0.0190. The molecular formula is C19H17ClN6O5. The Kier molecular flexibility index (Phi) is 6.58. The summed E-state index contributed by atoms with van der Waals surface area (Å²) in [4.78, 5) is 42.7. The lowest BCUT2D eigenvalue weighted by Gasteiger charge is -2.17. The summed E-state index contributed by atoms with van der Waals surface area (Å²) < 4.78 is 5.45. The number of nitro groups is 1. The van der Waals surface area contributed by atoms with Crippen molar-refractivity contribution in [3.8, 4) is 5.88 Å². The normalized spacial score (nSPS) is 11.7. The molecule has 0 bridgehead atoms. The topological polar surface area (TPSA) is 162 Å². The maximum Gasteiger partial charge on any atom is 0.272 e. The Morgan fingerprint density at radius 2 is 1.94 bits per heavy atom. The van der Waals surface area contributed by atoms with Gasteiger partial charge in [-0.3, -0.25) is 25.1 Å². The van der Waals surface area contributed by atoms with E-state index in [0.717, 1.165) is 0 Å². The molecule has 2 aromatic carbocycles. The Morgan fingerprint density at radius 3 is 2.58 bits per heavy atom. The second kappa shape index (κ2) is 9.32. The average molecular weight is 445 g/mol. The minimum Gasteiger partial charge on any atom is -0.467 e. The van der Waals surface area contributed by atoms with Crippen LogP contribution in [0, 0.1) is 17.0 Å². The molecule has 1 aromatic heterocycles. The number of nitrogens with one attached hydrogen (secondary N) is 2. The van der Waals surface area contributed by atoms with Crippen molar-refractivity contribution in [1.29, 1.82) is 0 Å². The van der Waals surface area contributed by atoms with Gasteiger partial charge in [0.2, 0.25) is 11.8 Å². The zero-order valence-electron chi connectivity index (χ0n) is 16.2. The number of hydrazine groups is 1. The van der Waals surface area contributed by atoms with Crippen LogP contribution in [0.2, 0.25) is 5.02 Å². The van der Waals surface area contributed by atoms with Gasteiger partial charge in [0.15, 0.2) is 6.61 Å². The van der Waals surface area contributed by atoms with E-state index >= 15 is 0 Å². The van der Waals surface area contributed by atoms with Gasteiger partial charge in [-0.05, 0) is 30.7 Å². The summed E-state index contributed by atoms with van der Waals surface area (Å²) in [5.41, 5.74) is 11.0. The molecule has 160 valence electrons. The lowest BCUT2D eigenvalue weighted by molar-refractivity contribution is -0.384. The van der Waals surface area contributed by atoms with Crippen LogP contribution in [-0.2, 0) is 9.59 Å². The van der Waals surface area contributed by atoms with Gasteiger partial charge in [0.25, 0.3) is 11.6 Å². The zero-order valence-corrected chi connectivity index (χ0v) is 16.9. The third-order valence-corrected chi connectivity index (χ3v) is 4.40. The molecule has 3 aromatic rings. The third kappa shape index (κ3) is 5.41. The molecule has 0 saturated heterocycles. The number of hydrogen-bond donors (Lipinski definition) is 3. The third-order valence-electron chi connectivity index (χ3n) is 4.15. The van der Waals surface area contributed by atoms with Crippen molar-refractivity contribution in [2.75, 3.05) is 6.61 Å². The van der Waals surface area contributed by atoms with Gasteiger partial charge in [-0.1, -0.05) is 23.7 Å². The van der Waals surface area contributed by atoms with E-state index in [4.69, 9.17) is 22.1 Å². The van der Waals surface area contributed by atoms with E-state index in [1.165, 1.54) is 18.2 Å². The molecular weight excluding hydrogens is 428 g/mol. The number of ether oxygens (including phenoxy) is 1. The highest BCUT2D eigenvalue weighted by molar-refractivity contribution is 6.30. The maximum absolute atomic E-state index is 12.2. The number of carbonyl (C=O) groups excluding carboxylic acids is 2. The molecule has 11 nitrogen and oxygen atoms in total. The molecule has 0 radical (unpaired) electrons. The molecule has 1 unspecified atom stereocenters. The van der Waals surface area contributed by atoms with Crippen molar-refractivity contribution in [3.63, 3.8) is 0 Å². The van der Waals surface area contributed by atoms with Crippen LogP contribution < -0.4 is 21.3 Å². The van der Waals surface area contributed by atoms with E-state index in [1.807, 2.05) is 0 Å². The van der Waals surface area contributed by atoms with Gasteiger partial charge in [0, 0.05) is 17.2 Å². The fourth-order valence-corrected chi connectivity index (χ4v) is 2.85. The quantitative estimate of drug-likeness (QED) is 0.349. The molecule has 0 saturated carbocycles. The highest BCUT2D eigenvalue weighted by Crippen LogP contribution is 2.26. The molecule has 0 spiro atoms. The highest BCUT2D eigenvalue weighted by atomic mass is 35.5. The number of nitrogens with zero attached hydrogens (tertiary/aromatic N) is 3. The fourth-order valence-electron chi connectivity index (χ4n) is 2.72. The van der Waals surface area contributed by atoms with Gasteiger partial charge in [0.05, 0.1) is 15.8 Å². The molecule has 2 amide bonds. The van der Waals surface area contributed by atoms with Gasteiger partial charge < -0.3 is 10.5 Å². The first-order chi connectivity index (χ1) is 14.7. The van der Waals surface area contributed by atoms with Gasteiger partial charge >= 0.3 is 0 Å². The number of benzene rings is 2. The largest absolute Gasteiger partial charge is 0.467 e. The zero-order chi connectivity index (χ0) is 22.5. The van der Waals surface area contributed by atoms with E-state index in [-0.39, 0.29) is 17.0 Å². The number of halogens is 1. The van der Waals surface area contributed by atoms with Crippen LogP contribution in [0.15, 0.2) is 42.5 Å². The SMILES string of the molecule is Cc1nc(OCC(=O)NNC(C(N)=O)c2ccc(Cl)cc2)c2cc([N+](=O)[O-])ccc2n1. The van der Waals surface area contributed by atoms with Crippen molar-refractivity contribution >= 4 is 40.0 Å². The molecule has 0 aliphatic carbocycles. The first-order valence-electron chi connectivity index (χ1n) is 8.89. The first kappa shape index (κ1) is 21.9. The predicted octanol–water partition coefficient (Wildman–Crippen LogP) is 1.73. The summed E-state index contributed by atoms with van der Waals surface area (Å²) in [5, 5.41) is 11.8. The Morgan fingerprint density at radius 1 is 1.23 bits per heavy atom. The molecule has 1 heterocycles. The Bertz CT molecular complexity index is 1150. The van der Waals surface area contributed by atoms with Crippen LogP contribution in [0.1, 0.15) is 17.4 Å². The number of rotatable bonds is 8. The summed E-state index contributed by atoms with van der Waals surface area (Å²) in [6, 6.07) is 9.42. The number of aromatic nitrogens is 2. The fraction of sp³-hybridized carbons (Fsp3) is 0.158. The van der Waals surface area contributed by atoms with Crippen molar-refractivity contribution in [2.24, 2.45) is 5.73 Å². The summed E-state index contributed by atoms with van der Waals surface area (Å²) in [6.45, 7) is 1.15. The number of hydrogen-bond acceptors (Lipinski definition) is 8.